The predicted octanol–water partition coefficient (Wildman–Crippen LogP) is 2.17. The van der Waals surface area contributed by atoms with Gasteiger partial charge in [0.2, 0.25) is 17.7 Å². The summed E-state index contributed by atoms with van der Waals surface area (Å²) in [4.78, 5) is 43.4. The fourth-order valence-corrected chi connectivity index (χ4v) is 5.06. The van der Waals surface area contributed by atoms with Crippen LogP contribution in [0, 0.1) is 0 Å². The molecule has 2 aromatic carbocycles. The van der Waals surface area contributed by atoms with E-state index in [1.54, 1.807) is 14.0 Å². The standard InChI is InChI=1S/C29H38N4O4/c1-21-27(34)31-24(20-22-10-4-3-5-11-22)28(35)30-16-8-13-23-12-6-7-15-26(23)37-19-18-33-17-9-14-25(33)29(36)32(21)2/h3-7,10-12,15,21,24-25H,8-9,13-14,16-20H2,1-2H3,(H,30,35)(H,31,34)/t21-,24-,25+/m1/s1. The van der Waals surface area contributed by atoms with Crippen LogP contribution in [-0.4, -0.2) is 78.9 Å². The Balaban J connectivity index is 1.55. The lowest BCUT2D eigenvalue weighted by Gasteiger charge is -2.31. The quantitative estimate of drug-likeness (QED) is 0.652. The first kappa shape index (κ1) is 26.7. The number of benzene rings is 2. The SMILES string of the molecule is C[C@@H]1C(=O)N[C@H](Cc2ccccc2)C(=O)NCCCc2ccccc2OCCN2CCC[C@H]2C(=O)N1C. The highest BCUT2D eigenvalue weighted by Crippen LogP contribution is 2.22. The number of para-hydroxylation sites is 1. The zero-order valence-corrected chi connectivity index (χ0v) is 21.8. The highest BCUT2D eigenvalue weighted by atomic mass is 16.5. The van der Waals surface area contributed by atoms with E-state index in [4.69, 9.17) is 4.74 Å². The van der Waals surface area contributed by atoms with Gasteiger partial charge in [-0.05, 0) is 56.3 Å². The summed E-state index contributed by atoms with van der Waals surface area (Å²) in [5.74, 6) is 0.198. The van der Waals surface area contributed by atoms with Crippen LogP contribution in [0.4, 0.5) is 0 Å². The molecule has 2 aliphatic rings. The number of nitrogens with zero attached hydrogens (tertiary/aromatic N) is 2. The summed E-state index contributed by atoms with van der Waals surface area (Å²) in [7, 11) is 1.67. The maximum absolute atomic E-state index is 13.4. The van der Waals surface area contributed by atoms with Crippen LogP contribution in [0.2, 0.25) is 0 Å². The van der Waals surface area contributed by atoms with Crippen LogP contribution in [0.25, 0.3) is 0 Å². The van der Waals surface area contributed by atoms with Gasteiger partial charge < -0.3 is 20.3 Å². The molecular weight excluding hydrogens is 468 g/mol. The molecule has 198 valence electrons. The van der Waals surface area contributed by atoms with E-state index in [1.807, 2.05) is 54.6 Å². The summed E-state index contributed by atoms with van der Waals surface area (Å²) in [6.07, 6.45) is 3.57. The Labute approximate surface area is 219 Å². The van der Waals surface area contributed by atoms with Crippen LogP contribution in [-0.2, 0) is 27.2 Å². The van der Waals surface area contributed by atoms with Crippen molar-refractivity contribution in [2.45, 2.75) is 57.2 Å². The third-order valence-electron chi connectivity index (χ3n) is 7.40. The molecule has 2 aromatic rings. The minimum Gasteiger partial charge on any atom is -0.492 e. The van der Waals surface area contributed by atoms with E-state index in [1.165, 1.54) is 4.90 Å². The number of hydrogen-bond donors (Lipinski definition) is 2. The molecule has 0 aliphatic carbocycles. The molecule has 1 saturated heterocycles. The molecular formula is C29H38N4O4. The third-order valence-corrected chi connectivity index (χ3v) is 7.40. The molecule has 37 heavy (non-hydrogen) atoms. The molecule has 3 amide bonds. The summed E-state index contributed by atoms with van der Waals surface area (Å²) in [6.45, 7) is 4.15. The average Bonchev–Trinajstić information content (AvgIpc) is 3.38. The van der Waals surface area contributed by atoms with Gasteiger partial charge in [-0.2, -0.15) is 0 Å². The highest BCUT2D eigenvalue weighted by molar-refractivity contribution is 5.93. The molecule has 2 heterocycles. The Morgan fingerprint density at radius 1 is 0.946 bits per heavy atom. The summed E-state index contributed by atoms with van der Waals surface area (Å²) in [6, 6.07) is 15.9. The van der Waals surface area contributed by atoms with Crippen molar-refractivity contribution in [3.05, 3.63) is 65.7 Å². The van der Waals surface area contributed by atoms with Crippen LogP contribution in [0.15, 0.2) is 54.6 Å². The molecule has 0 saturated carbocycles. The molecule has 0 unspecified atom stereocenters. The summed E-state index contributed by atoms with van der Waals surface area (Å²) in [5, 5.41) is 5.91. The second-order valence-corrected chi connectivity index (χ2v) is 9.92. The van der Waals surface area contributed by atoms with Crippen molar-refractivity contribution in [3.8, 4) is 5.75 Å². The van der Waals surface area contributed by atoms with E-state index in [0.717, 1.165) is 49.1 Å². The van der Waals surface area contributed by atoms with Gasteiger partial charge in [-0.1, -0.05) is 48.5 Å². The number of aryl methyl sites for hydroxylation is 1. The normalized spacial score (nSPS) is 24.6. The highest BCUT2D eigenvalue weighted by Gasteiger charge is 2.36. The minimum atomic E-state index is -0.738. The fraction of sp³-hybridized carbons (Fsp3) is 0.483. The molecule has 0 aromatic heterocycles. The molecule has 0 bridgehead atoms. The molecule has 0 radical (unpaired) electrons. The number of carbonyl (C=O) groups excluding carboxylic acids is 3. The number of fused-ring (bicyclic) bond motifs is 2. The van der Waals surface area contributed by atoms with Gasteiger partial charge in [0.15, 0.2) is 0 Å². The van der Waals surface area contributed by atoms with Gasteiger partial charge in [-0.3, -0.25) is 19.3 Å². The molecule has 2 aliphatic heterocycles. The lowest BCUT2D eigenvalue weighted by molar-refractivity contribution is -0.142. The topological polar surface area (TPSA) is 91.0 Å². The smallest absolute Gasteiger partial charge is 0.243 e. The van der Waals surface area contributed by atoms with Crippen LogP contribution >= 0.6 is 0 Å². The van der Waals surface area contributed by atoms with Crippen LogP contribution in [0.1, 0.15) is 37.3 Å². The van der Waals surface area contributed by atoms with Gasteiger partial charge in [0.25, 0.3) is 0 Å². The Morgan fingerprint density at radius 2 is 1.70 bits per heavy atom. The Bertz CT molecular complexity index is 1080. The van der Waals surface area contributed by atoms with Crippen LogP contribution in [0.5, 0.6) is 5.75 Å². The largest absolute Gasteiger partial charge is 0.492 e. The van der Waals surface area contributed by atoms with Crippen molar-refractivity contribution in [1.82, 2.24) is 20.4 Å². The van der Waals surface area contributed by atoms with E-state index in [2.05, 4.69) is 15.5 Å². The van der Waals surface area contributed by atoms with Crippen molar-refractivity contribution in [3.63, 3.8) is 0 Å². The molecule has 4 rings (SSSR count). The Hall–Kier alpha value is -3.39. The first-order chi connectivity index (χ1) is 17.9. The van der Waals surface area contributed by atoms with E-state index in [0.29, 0.717) is 26.1 Å². The van der Waals surface area contributed by atoms with Gasteiger partial charge in [0.05, 0.1) is 6.04 Å². The average molecular weight is 507 g/mol. The predicted molar refractivity (Wildman–Crippen MR) is 142 cm³/mol. The van der Waals surface area contributed by atoms with Gasteiger partial charge in [0, 0.05) is 26.6 Å². The number of ether oxygens (including phenoxy) is 1. The zero-order chi connectivity index (χ0) is 26.2. The van der Waals surface area contributed by atoms with Crippen LogP contribution in [0.3, 0.4) is 0 Å². The number of hydrogen-bond acceptors (Lipinski definition) is 5. The minimum absolute atomic E-state index is 0.0780. The fourth-order valence-electron chi connectivity index (χ4n) is 5.06. The van der Waals surface area contributed by atoms with Crippen molar-refractivity contribution in [2.75, 3.05) is 33.3 Å². The van der Waals surface area contributed by atoms with Crippen molar-refractivity contribution >= 4 is 17.7 Å². The summed E-state index contributed by atoms with van der Waals surface area (Å²) < 4.78 is 6.13. The van der Waals surface area contributed by atoms with Crippen molar-refractivity contribution in [1.29, 1.82) is 0 Å². The molecule has 3 atom stereocenters. The second kappa shape index (κ2) is 12.7. The van der Waals surface area contributed by atoms with Crippen LogP contribution < -0.4 is 15.4 Å². The number of likely N-dealkylation sites (N-methyl/N-ethyl adjacent to an activating group) is 1. The zero-order valence-electron chi connectivity index (χ0n) is 21.8. The molecule has 0 spiro atoms. The van der Waals surface area contributed by atoms with E-state index < -0.39 is 12.1 Å². The maximum Gasteiger partial charge on any atom is 0.243 e. The Kier molecular flexibility index (Phi) is 9.17. The summed E-state index contributed by atoms with van der Waals surface area (Å²) >= 11 is 0. The van der Waals surface area contributed by atoms with Crippen molar-refractivity contribution in [2.24, 2.45) is 0 Å². The maximum atomic E-state index is 13.4. The molecule has 2 N–H and O–H groups in total. The van der Waals surface area contributed by atoms with E-state index in [9.17, 15) is 14.4 Å². The number of rotatable bonds is 2. The van der Waals surface area contributed by atoms with E-state index >= 15 is 0 Å². The molecule has 8 nitrogen and oxygen atoms in total. The molecule has 8 heteroatoms. The number of amides is 3. The monoisotopic (exact) mass is 506 g/mol. The first-order valence-corrected chi connectivity index (χ1v) is 13.3. The first-order valence-electron chi connectivity index (χ1n) is 13.3. The number of nitrogens with one attached hydrogen (secondary N) is 2. The molecule has 1 fully saturated rings. The second-order valence-electron chi connectivity index (χ2n) is 9.92. The number of carbonyl (C=O) groups is 3. The van der Waals surface area contributed by atoms with Gasteiger partial charge in [-0.15, -0.1) is 0 Å². The Morgan fingerprint density at radius 3 is 2.51 bits per heavy atom. The van der Waals surface area contributed by atoms with Gasteiger partial charge >= 0.3 is 0 Å². The third kappa shape index (κ3) is 6.89. The lowest BCUT2D eigenvalue weighted by Crippen LogP contribution is -2.56. The van der Waals surface area contributed by atoms with E-state index in [-0.39, 0.29) is 23.8 Å². The lowest BCUT2D eigenvalue weighted by atomic mass is 10.0. The van der Waals surface area contributed by atoms with Gasteiger partial charge in [0.1, 0.15) is 24.4 Å². The summed E-state index contributed by atoms with van der Waals surface area (Å²) in [5.41, 5.74) is 2.05. The van der Waals surface area contributed by atoms with Crippen molar-refractivity contribution < 1.29 is 19.1 Å². The van der Waals surface area contributed by atoms with Gasteiger partial charge in [-0.25, -0.2) is 0 Å².